The second-order valence-corrected chi connectivity index (χ2v) is 5.65. The zero-order valence-electron chi connectivity index (χ0n) is 10.8. The van der Waals surface area contributed by atoms with E-state index < -0.39 is 6.10 Å². The average molecular weight is 299 g/mol. The number of nitrogens with zero attached hydrogens (tertiary/aromatic N) is 2. The number of halogens is 2. The smallest absolute Gasteiger partial charge is 0.0861 e. The summed E-state index contributed by atoms with van der Waals surface area (Å²) in [5.41, 5.74) is 1.61. The second kappa shape index (κ2) is 5.95. The molecule has 0 aliphatic rings. The number of hydrogen-bond donors (Lipinski definition) is 1. The first-order valence-corrected chi connectivity index (χ1v) is 6.89. The average Bonchev–Trinajstić information content (AvgIpc) is 2.83. The van der Waals surface area contributed by atoms with Crippen LogP contribution in [0.4, 0.5) is 0 Å². The lowest BCUT2D eigenvalue weighted by atomic mass is 10.0. The summed E-state index contributed by atoms with van der Waals surface area (Å²) in [4.78, 5) is 0. The van der Waals surface area contributed by atoms with Gasteiger partial charge < -0.3 is 5.11 Å². The fourth-order valence-electron chi connectivity index (χ4n) is 1.83. The molecule has 1 N–H and O–H groups in total. The van der Waals surface area contributed by atoms with E-state index in [4.69, 9.17) is 23.2 Å². The third kappa shape index (κ3) is 3.50. The molecular weight excluding hydrogens is 283 g/mol. The SMILES string of the molecule is CC(C)n1cc(C(O)Cc2cc(Cl)ccc2Cl)cn1. The fourth-order valence-corrected chi connectivity index (χ4v) is 2.22. The van der Waals surface area contributed by atoms with Gasteiger partial charge in [-0.15, -0.1) is 0 Å². The van der Waals surface area contributed by atoms with Crippen LogP contribution < -0.4 is 0 Å². The van der Waals surface area contributed by atoms with E-state index in [0.29, 0.717) is 16.5 Å². The summed E-state index contributed by atoms with van der Waals surface area (Å²) in [5, 5.41) is 15.7. The van der Waals surface area contributed by atoms with Crippen molar-refractivity contribution in [3.8, 4) is 0 Å². The van der Waals surface area contributed by atoms with Crippen LogP contribution in [0.25, 0.3) is 0 Å². The largest absolute Gasteiger partial charge is 0.388 e. The van der Waals surface area contributed by atoms with Crippen LogP contribution in [0.1, 0.15) is 37.1 Å². The van der Waals surface area contributed by atoms with Crippen molar-refractivity contribution in [1.82, 2.24) is 9.78 Å². The van der Waals surface area contributed by atoms with Crippen LogP contribution in [0.15, 0.2) is 30.6 Å². The minimum Gasteiger partial charge on any atom is -0.388 e. The standard InChI is InChI=1S/C14H16Cl2N2O/c1-9(2)18-8-11(7-17-18)14(19)6-10-5-12(15)3-4-13(10)16/h3-5,7-9,14,19H,6H2,1-2H3. The summed E-state index contributed by atoms with van der Waals surface area (Å²) in [5.74, 6) is 0. The van der Waals surface area contributed by atoms with Crippen molar-refractivity contribution in [2.24, 2.45) is 0 Å². The first-order valence-electron chi connectivity index (χ1n) is 6.13. The molecule has 1 aromatic carbocycles. The molecule has 0 aliphatic heterocycles. The van der Waals surface area contributed by atoms with Gasteiger partial charge in [-0.3, -0.25) is 4.68 Å². The molecule has 102 valence electrons. The lowest BCUT2D eigenvalue weighted by molar-refractivity contribution is 0.178. The molecule has 2 rings (SSSR count). The van der Waals surface area contributed by atoms with Gasteiger partial charge in [-0.1, -0.05) is 23.2 Å². The molecule has 0 spiro atoms. The maximum atomic E-state index is 10.2. The van der Waals surface area contributed by atoms with Crippen molar-refractivity contribution in [3.05, 3.63) is 51.8 Å². The van der Waals surface area contributed by atoms with Gasteiger partial charge in [0, 0.05) is 34.3 Å². The molecular formula is C14H16Cl2N2O. The number of benzene rings is 1. The van der Waals surface area contributed by atoms with Crippen molar-refractivity contribution >= 4 is 23.2 Å². The Kier molecular flexibility index (Phi) is 4.50. The van der Waals surface area contributed by atoms with Crippen molar-refractivity contribution in [1.29, 1.82) is 0 Å². The minimum atomic E-state index is -0.636. The molecule has 5 heteroatoms. The highest BCUT2D eigenvalue weighted by Gasteiger charge is 2.14. The van der Waals surface area contributed by atoms with Gasteiger partial charge in [0.1, 0.15) is 0 Å². The first-order chi connectivity index (χ1) is 8.97. The van der Waals surface area contributed by atoms with Crippen molar-refractivity contribution in [2.75, 3.05) is 0 Å². The highest BCUT2D eigenvalue weighted by Crippen LogP contribution is 2.26. The van der Waals surface area contributed by atoms with E-state index in [9.17, 15) is 5.11 Å². The number of aliphatic hydroxyl groups is 1. The Morgan fingerprint density at radius 2 is 2.05 bits per heavy atom. The van der Waals surface area contributed by atoms with E-state index in [2.05, 4.69) is 5.10 Å². The molecule has 3 nitrogen and oxygen atoms in total. The summed E-state index contributed by atoms with van der Waals surface area (Å²) < 4.78 is 1.82. The van der Waals surface area contributed by atoms with Gasteiger partial charge in [0.2, 0.25) is 0 Å². The first kappa shape index (κ1) is 14.4. The summed E-state index contributed by atoms with van der Waals surface area (Å²) in [6.45, 7) is 4.08. The maximum absolute atomic E-state index is 10.2. The summed E-state index contributed by atoms with van der Waals surface area (Å²) in [7, 11) is 0. The third-order valence-electron chi connectivity index (χ3n) is 2.96. The zero-order valence-corrected chi connectivity index (χ0v) is 12.4. The predicted molar refractivity (Wildman–Crippen MR) is 77.7 cm³/mol. The third-order valence-corrected chi connectivity index (χ3v) is 3.56. The number of aromatic nitrogens is 2. The number of aliphatic hydroxyl groups excluding tert-OH is 1. The monoisotopic (exact) mass is 298 g/mol. The maximum Gasteiger partial charge on any atom is 0.0861 e. The van der Waals surface area contributed by atoms with Crippen LogP contribution in [0.5, 0.6) is 0 Å². The molecule has 0 fully saturated rings. The van der Waals surface area contributed by atoms with Gasteiger partial charge in [0.25, 0.3) is 0 Å². The molecule has 1 unspecified atom stereocenters. The van der Waals surface area contributed by atoms with E-state index in [1.807, 2.05) is 24.7 Å². The van der Waals surface area contributed by atoms with E-state index in [1.165, 1.54) is 0 Å². The lowest BCUT2D eigenvalue weighted by Gasteiger charge is -2.10. The normalized spacial score (nSPS) is 12.9. The predicted octanol–water partition coefficient (Wildman–Crippen LogP) is 4.05. The highest BCUT2D eigenvalue weighted by atomic mass is 35.5. The second-order valence-electron chi connectivity index (χ2n) is 4.80. The summed E-state index contributed by atoms with van der Waals surface area (Å²) >= 11 is 12.0. The van der Waals surface area contributed by atoms with Gasteiger partial charge in [-0.2, -0.15) is 5.10 Å². The molecule has 0 saturated heterocycles. The van der Waals surface area contributed by atoms with Crippen LogP contribution >= 0.6 is 23.2 Å². The highest BCUT2D eigenvalue weighted by molar-refractivity contribution is 6.33. The number of hydrogen-bond acceptors (Lipinski definition) is 2. The van der Waals surface area contributed by atoms with Crippen LogP contribution in [0, 0.1) is 0 Å². The van der Waals surface area contributed by atoms with Crippen LogP contribution in [0.3, 0.4) is 0 Å². The van der Waals surface area contributed by atoms with Crippen LogP contribution in [-0.2, 0) is 6.42 Å². The molecule has 19 heavy (non-hydrogen) atoms. The lowest BCUT2D eigenvalue weighted by Crippen LogP contribution is -2.03. The molecule has 1 heterocycles. The zero-order chi connectivity index (χ0) is 14.0. The Morgan fingerprint density at radius 1 is 1.32 bits per heavy atom. The van der Waals surface area contributed by atoms with Gasteiger partial charge in [-0.05, 0) is 37.6 Å². The summed E-state index contributed by atoms with van der Waals surface area (Å²) in [6, 6.07) is 5.52. The molecule has 0 bridgehead atoms. The van der Waals surface area contributed by atoms with Crippen molar-refractivity contribution in [2.45, 2.75) is 32.4 Å². The van der Waals surface area contributed by atoms with Crippen LogP contribution in [0.2, 0.25) is 10.0 Å². The van der Waals surface area contributed by atoms with E-state index in [1.54, 1.807) is 24.4 Å². The Morgan fingerprint density at radius 3 is 2.68 bits per heavy atom. The molecule has 0 amide bonds. The van der Waals surface area contributed by atoms with Crippen molar-refractivity contribution in [3.63, 3.8) is 0 Å². The Hall–Kier alpha value is -1.03. The van der Waals surface area contributed by atoms with E-state index >= 15 is 0 Å². The molecule has 1 atom stereocenters. The van der Waals surface area contributed by atoms with Gasteiger partial charge in [-0.25, -0.2) is 0 Å². The van der Waals surface area contributed by atoms with Crippen molar-refractivity contribution < 1.29 is 5.11 Å². The minimum absolute atomic E-state index is 0.274. The molecule has 0 aliphatic carbocycles. The Balaban J connectivity index is 2.15. The summed E-state index contributed by atoms with van der Waals surface area (Å²) in [6.07, 6.45) is 3.32. The van der Waals surface area contributed by atoms with Gasteiger partial charge >= 0.3 is 0 Å². The molecule has 1 aromatic heterocycles. The number of rotatable bonds is 4. The van der Waals surface area contributed by atoms with E-state index in [-0.39, 0.29) is 6.04 Å². The Bertz CT molecular complexity index is 566. The molecule has 0 radical (unpaired) electrons. The fraction of sp³-hybridized carbons (Fsp3) is 0.357. The quantitative estimate of drug-likeness (QED) is 0.925. The topological polar surface area (TPSA) is 38.0 Å². The van der Waals surface area contributed by atoms with Gasteiger partial charge in [0.05, 0.1) is 12.3 Å². The Labute approximate surface area is 122 Å². The molecule has 2 aromatic rings. The molecule has 0 saturated carbocycles. The van der Waals surface area contributed by atoms with Crippen LogP contribution in [-0.4, -0.2) is 14.9 Å². The van der Waals surface area contributed by atoms with Gasteiger partial charge in [0.15, 0.2) is 0 Å². The van der Waals surface area contributed by atoms with E-state index in [0.717, 1.165) is 11.1 Å².